The van der Waals surface area contributed by atoms with Crippen LogP contribution >= 0.6 is 11.8 Å². The summed E-state index contributed by atoms with van der Waals surface area (Å²) in [4.78, 5) is 4.22. The van der Waals surface area contributed by atoms with Crippen molar-refractivity contribution in [3.8, 4) is 0 Å². The Bertz CT molecular complexity index is 599. The Morgan fingerprint density at radius 1 is 1.32 bits per heavy atom. The van der Waals surface area contributed by atoms with Gasteiger partial charge in [-0.05, 0) is 18.6 Å². The van der Waals surface area contributed by atoms with Crippen molar-refractivity contribution in [3.63, 3.8) is 0 Å². The Morgan fingerprint density at radius 3 is 2.68 bits per heavy atom. The molecule has 0 bridgehead atoms. The van der Waals surface area contributed by atoms with E-state index in [2.05, 4.69) is 4.98 Å². The molecule has 22 heavy (non-hydrogen) atoms. The first-order chi connectivity index (χ1) is 10.7. The van der Waals surface area contributed by atoms with E-state index in [9.17, 15) is 13.9 Å². The highest BCUT2D eigenvalue weighted by Gasteiger charge is 2.13. The first-order valence-corrected chi connectivity index (χ1v) is 7.85. The van der Waals surface area contributed by atoms with E-state index in [4.69, 9.17) is 4.74 Å². The largest absolute Gasteiger partial charge is 0.390 e. The number of benzene rings is 1. The number of halogens is 2. The molecule has 0 unspecified atom stereocenters. The Balaban J connectivity index is 2.10. The Morgan fingerprint density at radius 2 is 2.05 bits per heavy atom. The van der Waals surface area contributed by atoms with Gasteiger partial charge in [0.2, 0.25) is 0 Å². The van der Waals surface area contributed by atoms with Gasteiger partial charge in [0.1, 0.15) is 11.6 Å². The molecule has 7 heteroatoms. The molecule has 2 rings (SSSR count). The molecule has 2 aromatic rings. The minimum atomic E-state index is -0.563. The van der Waals surface area contributed by atoms with Crippen molar-refractivity contribution in [2.45, 2.75) is 30.5 Å². The zero-order valence-corrected chi connectivity index (χ0v) is 13.1. The molecule has 0 aliphatic rings. The van der Waals surface area contributed by atoms with Gasteiger partial charge in [0.05, 0.1) is 18.5 Å². The first-order valence-electron chi connectivity index (χ1n) is 6.87. The van der Waals surface area contributed by atoms with Crippen LogP contribution in [-0.2, 0) is 23.6 Å². The zero-order chi connectivity index (χ0) is 15.9. The van der Waals surface area contributed by atoms with E-state index >= 15 is 0 Å². The number of hydrogen-bond donors (Lipinski definition) is 1. The lowest BCUT2D eigenvalue weighted by Crippen LogP contribution is -2.07. The third-order valence-electron chi connectivity index (χ3n) is 3.20. The molecule has 0 aliphatic heterocycles. The van der Waals surface area contributed by atoms with Crippen LogP contribution in [0.2, 0.25) is 0 Å². The van der Waals surface area contributed by atoms with Gasteiger partial charge in [-0.15, -0.1) is 0 Å². The normalized spacial score (nSPS) is 11.1. The molecule has 1 heterocycles. The molecule has 120 valence electrons. The SMILES string of the molecule is COCCCn1c(CO)cnc1SCc1c(F)cccc1F. The smallest absolute Gasteiger partial charge is 0.168 e. The van der Waals surface area contributed by atoms with Crippen LogP contribution in [0.5, 0.6) is 0 Å². The van der Waals surface area contributed by atoms with Crippen LogP contribution in [0.3, 0.4) is 0 Å². The number of methoxy groups -OCH3 is 1. The number of thioether (sulfide) groups is 1. The molecule has 0 spiro atoms. The van der Waals surface area contributed by atoms with Gasteiger partial charge >= 0.3 is 0 Å². The molecule has 0 radical (unpaired) electrons. The second-order valence-corrected chi connectivity index (χ2v) is 5.62. The quantitative estimate of drug-likeness (QED) is 0.598. The monoisotopic (exact) mass is 328 g/mol. The fourth-order valence-corrected chi connectivity index (χ4v) is 3.09. The summed E-state index contributed by atoms with van der Waals surface area (Å²) in [5.41, 5.74) is 0.706. The van der Waals surface area contributed by atoms with Gasteiger partial charge in [-0.1, -0.05) is 17.8 Å². The van der Waals surface area contributed by atoms with Crippen LogP contribution in [0.4, 0.5) is 8.78 Å². The van der Waals surface area contributed by atoms with Crippen LogP contribution < -0.4 is 0 Å². The molecule has 0 saturated carbocycles. The topological polar surface area (TPSA) is 47.3 Å². The van der Waals surface area contributed by atoms with Gasteiger partial charge in [-0.3, -0.25) is 0 Å². The van der Waals surface area contributed by atoms with E-state index in [0.29, 0.717) is 24.0 Å². The van der Waals surface area contributed by atoms with Crippen molar-refractivity contribution in [2.24, 2.45) is 0 Å². The minimum Gasteiger partial charge on any atom is -0.390 e. The molecule has 1 aromatic carbocycles. The maximum atomic E-state index is 13.6. The summed E-state index contributed by atoms with van der Waals surface area (Å²) in [6.45, 7) is 1.09. The average molecular weight is 328 g/mol. The van der Waals surface area contributed by atoms with E-state index in [1.807, 2.05) is 4.57 Å². The second-order valence-electron chi connectivity index (χ2n) is 4.68. The summed E-state index contributed by atoms with van der Waals surface area (Å²) >= 11 is 1.24. The Kier molecular flexibility index (Phi) is 6.35. The lowest BCUT2D eigenvalue weighted by Gasteiger charge is -2.10. The summed E-state index contributed by atoms with van der Waals surface area (Å²) < 4.78 is 34.1. The molecule has 1 N–H and O–H groups in total. The van der Waals surface area contributed by atoms with Gasteiger partial charge in [-0.2, -0.15) is 0 Å². The van der Waals surface area contributed by atoms with Crippen molar-refractivity contribution in [1.82, 2.24) is 9.55 Å². The lowest BCUT2D eigenvalue weighted by atomic mass is 10.2. The highest BCUT2D eigenvalue weighted by molar-refractivity contribution is 7.98. The number of imidazole rings is 1. The summed E-state index contributed by atoms with van der Waals surface area (Å²) in [5, 5.41) is 9.97. The van der Waals surface area contributed by atoms with E-state index in [0.717, 1.165) is 6.42 Å². The number of nitrogens with zero attached hydrogens (tertiary/aromatic N) is 2. The van der Waals surface area contributed by atoms with Crippen LogP contribution in [-0.4, -0.2) is 28.4 Å². The molecule has 0 aliphatic carbocycles. The summed E-state index contributed by atoms with van der Waals surface area (Å²) in [6.07, 6.45) is 2.34. The van der Waals surface area contributed by atoms with Crippen LogP contribution in [0.1, 0.15) is 17.7 Å². The van der Waals surface area contributed by atoms with Gasteiger partial charge in [0.15, 0.2) is 5.16 Å². The molecule has 0 saturated heterocycles. The summed E-state index contributed by atoms with van der Waals surface area (Å²) in [5.74, 6) is -0.982. The van der Waals surface area contributed by atoms with Gasteiger partial charge in [-0.25, -0.2) is 13.8 Å². The van der Waals surface area contributed by atoms with Crippen molar-refractivity contribution in [3.05, 3.63) is 47.3 Å². The third kappa shape index (κ3) is 4.06. The standard InChI is InChI=1S/C15H18F2N2O2S/c1-21-7-3-6-19-11(9-20)8-18-15(19)22-10-12-13(16)4-2-5-14(12)17/h2,4-5,8,20H,3,6-7,9-10H2,1H3. The molecular weight excluding hydrogens is 310 g/mol. The molecule has 0 amide bonds. The maximum absolute atomic E-state index is 13.6. The number of aliphatic hydroxyl groups is 1. The Labute approximate surface area is 132 Å². The van der Waals surface area contributed by atoms with Crippen LogP contribution in [0.15, 0.2) is 29.6 Å². The predicted octanol–water partition coefficient (Wildman–Crippen LogP) is 2.98. The average Bonchev–Trinajstić information content (AvgIpc) is 2.89. The number of ether oxygens (including phenoxy) is 1. The Hall–Kier alpha value is -1.44. The minimum absolute atomic E-state index is 0.0319. The number of aromatic nitrogens is 2. The summed E-state index contributed by atoms with van der Waals surface area (Å²) in [6, 6.07) is 3.82. The summed E-state index contributed by atoms with van der Waals surface area (Å²) in [7, 11) is 1.62. The molecule has 4 nitrogen and oxygen atoms in total. The fourth-order valence-electron chi connectivity index (χ4n) is 2.05. The molecule has 0 fully saturated rings. The van der Waals surface area contributed by atoms with Crippen molar-refractivity contribution in [1.29, 1.82) is 0 Å². The van der Waals surface area contributed by atoms with Gasteiger partial charge < -0.3 is 14.4 Å². The van der Waals surface area contributed by atoms with Crippen molar-refractivity contribution < 1.29 is 18.6 Å². The van der Waals surface area contributed by atoms with E-state index in [1.165, 1.54) is 30.0 Å². The fraction of sp³-hybridized carbons (Fsp3) is 0.400. The molecule has 0 atom stereocenters. The van der Waals surface area contributed by atoms with E-state index in [-0.39, 0.29) is 17.9 Å². The van der Waals surface area contributed by atoms with E-state index < -0.39 is 11.6 Å². The number of aliphatic hydroxyl groups excluding tert-OH is 1. The lowest BCUT2D eigenvalue weighted by molar-refractivity contribution is 0.187. The maximum Gasteiger partial charge on any atom is 0.168 e. The van der Waals surface area contributed by atoms with E-state index in [1.54, 1.807) is 13.3 Å². The van der Waals surface area contributed by atoms with Crippen molar-refractivity contribution in [2.75, 3.05) is 13.7 Å². The highest BCUT2D eigenvalue weighted by Crippen LogP contribution is 2.26. The molecule has 1 aromatic heterocycles. The first kappa shape index (κ1) is 16.9. The third-order valence-corrected chi connectivity index (χ3v) is 4.22. The molecular formula is C15H18F2N2O2S. The predicted molar refractivity (Wildman–Crippen MR) is 80.6 cm³/mol. The van der Waals surface area contributed by atoms with Gasteiger partial charge in [0, 0.05) is 31.6 Å². The van der Waals surface area contributed by atoms with Crippen molar-refractivity contribution >= 4 is 11.8 Å². The van der Waals surface area contributed by atoms with Crippen LogP contribution in [0.25, 0.3) is 0 Å². The highest BCUT2D eigenvalue weighted by atomic mass is 32.2. The number of hydrogen-bond acceptors (Lipinski definition) is 4. The second kappa shape index (κ2) is 8.26. The number of rotatable bonds is 8. The van der Waals surface area contributed by atoms with Crippen LogP contribution in [0, 0.1) is 11.6 Å². The zero-order valence-electron chi connectivity index (χ0n) is 12.3. The van der Waals surface area contributed by atoms with Gasteiger partial charge in [0.25, 0.3) is 0 Å².